The maximum Gasteiger partial charge on any atom is 0.224 e. The third kappa shape index (κ3) is 2.19. The van der Waals surface area contributed by atoms with Gasteiger partial charge in [0.1, 0.15) is 0 Å². The minimum Gasteiger partial charge on any atom is -0.394 e. The molecule has 0 amide bonds. The second kappa shape index (κ2) is 4.03. The summed E-state index contributed by atoms with van der Waals surface area (Å²) in [5.74, 6) is 1.55. The Bertz CT molecular complexity index is 584. The zero-order valence-corrected chi connectivity index (χ0v) is 13.5. The van der Waals surface area contributed by atoms with Crippen LogP contribution in [-0.2, 0) is 0 Å². The van der Waals surface area contributed by atoms with Crippen LogP contribution < -0.4 is 11.1 Å². The molecular weight excluding hydrogens is 284 g/mol. The third-order valence-corrected chi connectivity index (χ3v) is 5.98. The van der Waals surface area contributed by atoms with E-state index in [0.29, 0.717) is 22.3 Å². The van der Waals surface area contributed by atoms with Crippen LogP contribution in [0.2, 0.25) is 5.28 Å². The molecular formula is C16H23ClN4. The predicted octanol–water partition coefficient (Wildman–Crippen LogP) is 3.87. The van der Waals surface area contributed by atoms with Gasteiger partial charge in [0.25, 0.3) is 0 Å². The van der Waals surface area contributed by atoms with E-state index in [-0.39, 0.29) is 10.8 Å². The molecule has 1 heterocycles. The molecule has 0 radical (unpaired) electrons. The second-order valence-electron chi connectivity index (χ2n) is 8.48. The van der Waals surface area contributed by atoms with Crippen LogP contribution in [0, 0.1) is 16.7 Å². The number of hydrogen-bond donors (Lipinski definition) is 2. The van der Waals surface area contributed by atoms with Crippen molar-refractivity contribution in [2.75, 3.05) is 11.1 Å². The van der Waals surface area contributed by atoms with E-state index in [1.807, 2.05) is 0 Å². The van der Waals surface area contributed by atoms with Crippen LogP contribution >= 0.6 is 11.6 Å². The van der Waals surface area contributed by atoms with E-state index in [2.05, 4.69) is 29.1 Å². The Kier molecular flexibility index (Phi) is 2.62. The van der Waals surface area contributed by atoms with Crippen molar-refractivity contribution in [3.05, 3.63) is 11.5 Å². The first kappa shape index (κ1) is 13.6. The minimum absolute atomic E-state index is 0.134. The largest absolute Gasteiger partial charge is 0.394 e. The summed E-state index contributed by atoms with van der Waals surface area (Å²) in [6.07, 6.45) is 9.39. The number of halogens is 1. The van der Waals surface area contributed by atoms with Gasteiger partial charge in [-0.1, -0.05) is 13.8 Å². The monoisotopic (exact) mass is 306 g/mol. The average molecular weight is 307 g/mol. The SMILES string of the molecule is CC12CC3CC(C)(C1)CC(Nc1nc(Cl)ncc1N)(C3)C2. The first-order chi connectivity index (χ1) is 9.79. The summed E-state index contributed by atoms with van der Waals surface area (Å²) >= 11 is 5.94. The summed E-state index contributed by atoms with van der Waals surface area (Å²) < 4.78 is 0. The standard InChI is InChI=1S/C16H23ClN4/c1-14-3-10-4-15(2,7-14)9-16(5-10,8-14)21-12-11(18)6-19-13(17)20-12/h6,10H,3-5,7-9,18H2,1-2H3,(H,19,20,21). The Balaban J connectivity index is 1.70. The van der Waals surface area contributed by atoms with Gasteiger partial charge in [-0.25, -0.2) is 4.98 Å². The molecule has 0 spiro atoms. The van der Waals surface area contributed by atoms with Crippen LogP contribution in [0.25, 0.3) is 0 Å². The maximum absolute atomic E-state index is 6.04. The fourth-order valence-corrected chi connectivity index (χ4v) is 6.44. The Morgan fingerprint density at radius 3 is 2.48 bits per heavy atom. The molecule has 114 valence electrons. The minimum atomic E-state index is 0.134. The molecule has 0 saturated heterocycles. The normalized spacial score (nSPS) is 44.0. The highest BCUT2D eigenvalue weighted by Gasteiger charge is 2.60. The molecule has 3 N–H and O–H groups in total. The zero-order chi connectivity index (χ0) is 14.9. The summed E-state index contributed by atoms with van der Waals surface area (Å²) in [6.45, 7) is 4.92. The van der Waals surface area contributed by atoms with Crippen LogP contribution in [0.4, 0.5) is 11.5 Å². The summed E-state index contributed by atoms with van der Waals surface area (Å²) in [6, 6.07) is 0. The van der Waals surface area contributed by atoms with Crippen LogP contribution in [0.15, 0.2) is 6.20 Å². The van der Waals surface area contributed by atoms with E-state index in [9.17, 15) is 0 Å². The van der Waals surface area contributed by atoms with Gasteiger partial charge in [-0.15, -0.1) is 0 Å². The van der Waals surface area contributed by atoms with Crippen molar-refractivity contribution >= 4 is 23.1 Å². The molecule has 4 aliphatic carbocycles. The van der Waals surface area contributed by atoms with Gasteiger partial charge >= 0.3 is 0 Å². The zero-order valence-electron chi connectivity index (χ0n) is 12.7. The Hall–Kier alpha value is -1.03. The molecule has 5 rings (SSSR count). The van der Waals surface area contributed by atoms with Gasteiger partial charge in [-0.2, -0.15) is 4.98 Å². The molecule has 0 aromatic carbocycles. The van der Waals surface area contributed by atoms with Gasteiger partial charge in [-0.05, 0) is 66.9 Å². The van der Waals surface area contributed by atoms with Crippen molar-refractivity contribution in [2.45, 2.75) is 57.9 Å². The van der Waals surface area contributed by atoms with Crippen LogP contribution in [0.5, 0.6) is 0 Å². The summed E-state index contributed by atoms with van der Waals surface area (Å²) in [5.41, 5.74) is 7.69. The van der Waals surface area contributed by atoms with Gasteiger partial charge in [0.2, 0.25) is 5.28 Å². The lowest BCUT2D eigenvalue weighted by Crippen LogP contribution is -2.61. The fourth-order valence-electron chi connectivity index (χ4n) is 6.31. The summed E-state index contributed by atoms with van der Waals surface area (Å²) in [7, 11) is 0. The number of nitrogens with zero attached hydrogens (tertiary/aromatic N) is 2. The molecule has 1 aromatic rings. The average Bonchev–Trinajstić information content (AvgIpc) is 2.28. The number of rotatable bonds is 2. The van der Waals surface area contributed by atoms with Crippen molar-refractivity contribution < 1.29 is 0 Å². The first-order valence-corrected chi connectivity index (χ1v) is 8.23. The van der Waals surface area contributed by atoms with Crippen molar-refractivity contribution in [2.24, 2.45) is 16.7 Å². The van der Waals surface area contributed by atoms with E-state index in [1.165, 1.54) is 38.5 Å². The smallest absolute Gasteiger partial charge is 0.224 e. The molecule has 0 aliphatic heterocycles. The second-order valence-corrected chi connectivity index (χ2v) is 8.82. The number of anilines is 2. The number of nitrogens with one attached hydrogen (secondary N) is 1. The van der Waals surface area contributed by atoms with E-state index < -0.39 is 0 Å². The van der Waals surface area contributed by atoms with Gasteiger partial charge < -0.3 is 11.1 Å². The van der Waals surface area contributed by atoms with Crippen molar-refractivity contribution in [1.82, 2.24) is 9.97 Å². The summed E-state index contributed by atoms with van der Waals surface area (Å²) in [5, 5.41) is 3.94. The quantitative estimate of drug-likeness (QED) is 0.814. The van der Waals surface area contributed by atoms with Gasteiger partial charge in [0, 0.05) is 5.54 Å². The van der Waals surface area contributed by atoms with Crippen LogP contribution in [0.1, 0.15) is 52.4 Å². The lowest BCUT2D eigenvalue weighted by molar-refractivity contribution is -0.0973. The molecule has 21 heavy (non-hydrogen) atoms. The van der Waals surface area contributed by atoms with Crippen molar-refractivity contribution in [3.8, 4) is 0 Å². The van der Waals surface area contributed by atoms with E-state index in [0.717, 1.165) is 5.92 Å². The van der Waals surface area contributed by atoms with Crippen LogP contribution in [0.3, 0.4) is 0 Å². The van der Waals surface area contributed by atoms with Crippen molar-refractivity contribution in [1.29, 1.82) is 0 Å². The van der Waals surface area contributed by atoms with Gasteiger partial charge in [0.05, 0.1) is 11.9 Å². The number of aromatic nitrogens is 2. The van der Waals surface area contributed by atoms with Gasteiger partial charge in [-0.3, -0.25) is 0 Å². The van der Waals surface area contributed by atoms with Crippen LogP contribution in [-0.4, -0.2) is 15.5 Å². The Morgan fingerprint density at radius 1 is 1.19 bits per heavy atom. The summed E-state index contributed by atoms with van der Waals surface area (Å²) in [4.78, 5) is 8.26. The predicted molar refractivity (Wildman–Crippen MR) is 85.2 cm³/mol. The molecule has 4 saturated carbocycles. The lowest BCUT2D eigenvalue weighted by atomic mass is 9.43. The molecule has 5 heteroatoms. The maximum atomic E-state index is 6.04. The molecule has 2 unspecified atom stereocenters. The molecule has 4 fully saturated rings. The molecule has 4 nitrogen and oxygen atoms in total. The van der Waals surface area contributed by atoms with Crippen molar-refractivity contribution in [3.63, 3.8) is 0 Å². The fraction of sp³-hybridized carbons (Fsp3) is 0.750. The molecule has 2 atom stereocenters. The highest BCUT2D eigenvalue weighted by atomic mass is 35.5. The number of hydrogen-bond acceptors (Lipinski definition) is 4. The number of nitrogens with two attached hydrogens (primary N) is 1. The van der Waals surface area contributed by atoms with E-state index in [4.69, 9.17) is 17.3 Å². The highest BCUT2D eigenvalue weighted by molar-refractivity contribution is 6.28. The lowest BCUT2D eigenvalue weighted by Gasteiger charge is -2.65. The topological polar surface area (TPSA) is 63.8 Å². The number of nitrogen functional groups attached to an aromatic ring is 1. The van der Waals surface area contributed by atoms with Gasteiger partial charge in [0.15, 0.2) is 5.82 Å². The third-order valence-electron chi connectivity index (χ3n) is 5.80. The van der Waals surface area contributed by atoms with E-state index in [1.54, 1.807) is 6.20 Å². The van der Waals surface area contributed by atoms with E-state index >= 15 is 0 Å². The molecule has 4 aliphatic rings. The highest BCUT2D eigenvalue weighted by Crippen LogP contribution is 2.66. The Labute approximate surface area is 130 Å². The first-order valence-electron chi connectivity index (χ1n) is 7.85. The molecule has 4 bridgehead atoms. The Morgan fingerprint density at radius 2 is 1.86 bits per heavy atom. The molecule has 1 aromatic heterocycles.